The number of hydrogen-bond donors (Lipinski definition) is 2. The Labute approximate surface area is 221 Å². The molecule has 2 amide bonds. The van der Waals surface area contributed by atoms with Gasteiger partial charge in [-0.3, -0.25) is 9.59 Å². The Morgan fingerprint density at radius 1 is 0.730 bits per heavy atom. The standard InChI is InChI=1S/C27H21N5O3S2/c33-23(16-36-25-5-1-3-13-28-25)30-19-9-7-18(8-10-19)27-32-21-15-20(11-12-22(21)35-27)31-24(34)17-37-26-6-2-4-14-29-26/h1-15H,16-17H2,(H,30,33)(H,31,34). The number of amides is 2. The van der Waals surface area contributed by atoms with Gasteiger partial charge < -0.3 is 15.1 Å². The van der Waals surface area contributed by atoms with Crippen LogP contribution in [-0.2, 0) is 9.59 Å². The third-order valence-electron chi connectivity index (χ3n) is 5.06. The summed E-state index contributed by atoms with van der Waals surface area (Å²) in [5.74, 6) is 0.731. The zero-order valence-corrected chi connectivity index (χ0v) is 21.1. The molecule has 3 aromatic heterocycles. The lowest BCUT2D eigenvalue weighted by molar-refractivity contribution is -0.114. The molecular weight excluding hydrogens is 506 g/mol. The Morgan fingerprint density at radius 3 is 1.92 bits per heavy atom. The number of pyridine rings is 2. The number of carbonyl (C=O) groups excluding carboxylic acids is 2. The van der Waals surface area contributed by atoms with Crippen LogP contribution in [0.4, 0.5) is 11.4 Å². The fourth-order valence-electron chi connectivity index (χ4n) is 3.36. The minimum absolute atomic E-state index is 0.113. The lowest BCUT2D eigenvalue weighted by Gasteiger charge is -2.05. The number of hydrogen-bond acceptors (Lipinski definition) is 8. The predicted octanol–water partition coefficient (Wildman–Crippen LogP) is 5.75. The zero-order valence-electron chi connectivity index (χ0n) is 19.5. The number of anilines is 2. The van der Waals surface area contributed by atoms with E-state index in [9.17, 15) is 9.59 Å². The first-order valence-electron chi connectivity index (χ1n) is 11.3. The minimum atomic E-state index is -0.130. The molecule has 8 nitrogen and oxygen atoms in total. The summed E-state index contributed by atoms with van der Waals surface area (Å²) >= 11 is 2.75. The molecule has 0 radical (unpaired) electrons. The van der Waals surface area contributed by atoms with Crippen LogP contribution >= 0.6 is 23.5 Å². The molecule has 0 aliphatic carbocycles. The van der Waals surface area contributed by atoms with Crippen LogP contribution in [0.3, 0.4) is 0 Å². The molecule has 0 unspecified atom stereocenters. The average Bonchev–Trinajstić information content (AvgIpc) is 3.36. The molecule has 0 fully saturated rings. The quantitative estimate of drug-likeness (QED) is 0.233. The Balaban J connectivity index is 1.18. The molecule has 0 aliphatic rings. The van der Waals surface area contributed by atoms with Gasteiger partial charge in [-0.1, -0.05) is 35.7 Å². The SMILES string of the molecule is O=C(CSc1ccccn1)Nc1ccc(-c2nc3cc(NC(=O)CSc4ccccn4)ccc3o2)cc1. The number of rotatable bonds is 9. The van der Waals surface area contributed by atoms with Gasteiger partial charge in [-0.25, -0.2) is 15.0 Å². The molecule has 0 aliphatic heterocycles. The number of nitrogens with zero attached hydrogens (tertiary/aromatic N) is 3. The third kappa shape index (κ3) is 6.75. The van der Waals surface area contributed by atoms with Crippen molar-refractivity contribution < 1.29 is 14.0 Å². The highest BCUT2D eigenvalue weighted by Crippen LogP contribution is 2.27. The van der Waals surface area contributed by atoms with Crippen LogP contribution in [-0.4, -0.2) is 38.3 Å². The number of oxazole rings is 1. The molecule has 0 saturated heterocycles. The van der Waals surface area contributed by atoms with Crippen LogP contribution in [0, 0.1) is 0 Å². The Kier molecular flexibility index (Phi) is 7.78. The molecule has 184 valence electrons. The monoisotopic (exact) mass is 527 g/mol. The highest BCUT2D eigenvalue weighted by Gasteiger charge is 2.11. The number of fused-ring (bicyclic) bond motifs is 1. The second-order valence-electron chi connectivity index (χ2n) is 7.79. The molecule has 2 aromatic carbocycles. The van der Waals surface area contributed by atoms with E-state index >= 15 is 0 Å². The lowest BCUT2D eigenvalue weighted by atomic mass is 10.2. The first-order chi connectivity index (χ1) is 18.1. The second kappa shape index (κ2) is 11.7. The van der Waals surface area contributed by atoms with Gasteiger partial charge in [0.15, 0.2) is 5.58 Å². The molecule has 3 heterocycles. The fraction of sp³-hybridized carbons (Fsp3) is 0.0741. The molecule has 0 atom stereocenters. The summed E-state index contributed by atoms with van der Waals surface area (Å²) in [5.41, 5.74) is 3.34. The van der Waals surface area contributed by atoms with Crippen LogP contribution in [0.5, 0.6) is 0 Å². The van der Waals surface area contributed by atoms with E-state index in [2.05, 4.69) is 25.6 Å². The molecule has 37 heavy (non-hydrogen) atoms. The van der Waals surface area contributed by atoms with Crippen molar-refractivity contribution in [1.82, 2.24) is 15.0 Å². The summed E-state index contributed by atoms with van der Waals surface area (Å²) in [6.45, 7) is 0. The van der Waals surface area contributed by atoms with Gasteiger partial charge in [-0.05, 0) is 66.7 Å². The van der Waals surface area contributed by atoms with E-state index in [0.29, 0.717) is 28.4 Å². The number of nitrogens with one attached hydrogen (secondary N) is 2. The van der Waals surface area contributed by atoms with Crippen molar-refractivity contribution in [2.45, 2.75) is 10.1 Å². The van der Waals surface area contributed by atoms with Crippen molar-refractivity contribution in [2.24, 2.45) is 0 Å². The van der Waals surface area contributed by atoms with E-state index in [4.69, 9.17) is 4.42 Å². The Bertz CT molecular complexity index is 1510. The van der Waals surface area contributed by atoms with Gasteiger partial charge in [0, 0.05) is 29.3 Å². The van der Waals surface area contributed by atoms with Crippen LogP contribution in [0.25, 0.3) is 22.6 Å². The largest absolute Gasteiger partial charge is 0.436 e. The minimum Gasteiger partial charge on any atom is -0.436 e. The maximum Gasteiger partial charge on any atom is 0.234 e. The first kappa shape index (κ1) is 24.5. The van der Waals surface area contributed by atoms with Crippen LogP contribution in [0.15, 0.2) is 106 Å². The molecule has 0 spiro atoms. The summed E-state index contributed by atoms with van der Waals surface area (Å²) in [6.07, 6.45) is 3.40. The van der Waals surface area contributed by atoms with Crippen molar-refractivity contribution in [3.8, 4) is 11.5 Å². The summed E-state index contributed by atoms with van der Waals surface area (Å²) < 4.78 is 5.89. The topological polar surface area (TPSA) is 110 Å². The van der Waals surface area contributed by atoms with Crippen LogP contribution in [0.2, 0.25) is 0 Å². The highest BCUT2D eigenvalue weighted by molar-refractivity contribution is 8.00. The zero-order chi connectivity index (χ0) is 25.5. The average molecular weight is 528 g/mol. The van der Waals surface area contributed by atoms with E-state index in [1.807, 2.05) is 48.5 Å². The van der Waals surface area contributed by atoms with E-state index in [1.54, 1.807) is 42.7 Å². The van der Waals surface area contributed by atoms with Gasteiger partial charge in [-0.15, -0.1) is 0 Å². The van der Waals surface area contributed by atoms with Gasteiger partial charge in [0.2, 0.25) is 17.7 Å². The molecule has 2 N–H and O–H groups in total. The molecule has 5 aromatic rings. The predicted molar refractivity (Wildman–Crippen MR) is 147 cm³/mol. The second-order valence-corrected chi connectivity index (χ2v) is 9.78. The normalized spacial score (nSPS) is 10.8. The summed E-state index contributed by atoms with van der Waals surface area (Å²) in [4.78, 5) is 37.6. The number of aromatic nitrogens is 3. The number of carbonyl (C=O) groups is 2. The first-order valence-corrected chi connectivity index (χ1v) is 13.3. The molecule has 0 bridgehead atoms. The highest BCUT2D eigenvalue weighted by atomic mass is 32.2. The summed E-state index contributed by atoms with van der Waals surface area (Å²) in [6, 6.07) is 23.8. The van der Waals surface area contributed by atoms with Crippen molar-refractivity contribution in [1.29, 1.82) is 0 Å². The number of thioether (sulfide) groups is 2. The number of benzene rings is 2. The molecule has 0 saturated carbocycles. The van der Waals surface area contributed by atoms with Crippen molar-refractivity contribution in [3.05, 3.63) is 91.3 Å². The maximum absolute atomic E-state index is 12.3. The van der Waals surface area contributed by atoms with E-state index in [0.717, 1.165) is 15.6 Å². The van der Waals surface area contributed by atoms with Crippen LogP contribution in [0.1, 0.15) is 0 Å². The molecule has 10 heteroatoms. The van der Waals surface area contributed by atoms with E-state index in [-0.39, 0.29) is 23.3 Å². The van der Waals surface area contributed by atoms with Crippen molar-refractivity contribution in [3.63, 3.8) is 0 Å². The van der Waals surface area contributed by atoms with E-state index < -0.39 is 0 Å². The lowest BCUT2D eigenvalue weighted by Crippen LogP contribution is -2.14. The van der Waals surface area contributed by atoms with Gasteiger partial charge in [0.1, 0.15) is 5.52 Å². The van der Waals surface area contributed by atoms with Crippen molar-refractivity contribution >= 4 is 57.8 Å². The third-order valence-corrected chi connectivity index (χ3v) is 6.95. The van der Waals surface area contributed by atoms with Crippen molar-refractivity contribution in [2.75, 3.05) is 22.1 Å². The fourth-order valence-corrected chi connectivity index (χ4v) is 4.69. The maximum atomic E-state index is 12.3. The summed E-state index contributed by atoms with van der Waals surface area (Å²) in [7, 11) is 0. The molecular formula is C27H21N5O3S2. The van der Waals surface area contributed by atoms with Gasteiger partial charge in [-0.2, -0.15) is 0 Å². The van der Waals surface area contributed by atoms with Gasteiger partial charge in [0.05, 0.1) is 21.6 Å². The van der Waals surface area contributed by atoms with Gasteiger partial charge >= 0.3 is 0 Å². The van der Waals surface area contributed by atoms with Crippen LogP contribution < -0.4 is 10.6 Å². The Hall–Kier alpha value is -4.15. The summed E-state index contributed by atoms with van der Waals surface area (Å²) in [5, 5.41) is 7.36. The Morgan fingerprint density at radius 2 is 1.32 bits per heavy atom. The van der Waals surface area contributed by atoms with Gasteiger partial charge in [0.25, 0.3) is 0 Å². The smallest absolute Gasteiger partial charge is 0.234 e. The van der Waals surface area contributed by atoms with E-state index in [1.165, 1.54) is 23.5 Å². The molecule has 5 rings (SSSR count).